The maximum absolute atomic E-state index is 7.10. The summed E-state index contributed by atoms with van der Waals surface area (Å²) in [5, 5.41) is 7.10. The Hall–Kier alpha value is -0.113. The van der Waals surface area contributed by atoms with Gasteiger partial charge in [0.15, 0.2) is 6.19 Å². The molecule has 0 saturated heterocycles. The van der Waals surface area contributed by atoms with Crippen LogP contribution in [0.5, 0.6) is 0 Å². The Bertz CT molecular complexity index is 27.5. The second kappa shape index (κ2) is 13.1. The quantitative estimate of drug-likeness (QED) is 0.212. The van der Waals surface area contributed by atoms with E-state index in [4.69, 9.17) is 5.26 Å². The first kappa shape index (κ1) is 9.10. The summed E-state index contributed by atoms with van der Waals surface area (Å²) in [6.07, 6.45) is 1.25. The number of hydrogen-bond donors (Lipinski definition) is 1. The van der Waals surface area contributed by atoms with E-state index >= 15 is 0 Å². The predicted octanol–water partition coefficient (Wildman–Crippen LogP) is -1.22. The molecule has 3 heteroatoms. The second-order valence-corrected chi connectivity index (χ2v) is 0.129. The molecule has 0 fully saturated rings. The third kappa shape index (κ3) is 117. The SMILES string of the molecule is N#CN.[LiH]. The van der Waals surface area contributed by atoms with Crippen molar-refractivity contribution >= 4 is 18.9 Å². The van der Waals surface area contributed by atoms with Crippen molar-refractivity contribution in [1.82, 2.24) is 0 Å². The summed E-state index contributed by atoms with van der Waals surface area (Å²) in [4.78, 5) is 0. The third-order valence-corrected chi connectivity index (χ3v) is 0. The van der Waals surface area contributed by atoms with Crippen LogP contribution in [0.1, 0.15) is 0 Å². The molecule has 0 aromatic carbocycles. The van der Waals surface area contributed by atoms with Crippen molar-refractivity contribution in [2.24, 2.45) is 5.73 Å². The summed E-state index contributed by atoms with van der Waals surface area (Å²) >= 11 is 0. The van der Waals surface area contributed by atoms with E-state index in [1.54, 1.807) is 0 Å². The fourth-order valence-electron chi connectivity index (χ4n) is 0. The van der Waals surface area contributed by atoms with E-state index in [2.05, 4.69) is 5.73 Å². The Balaban J connectivity index is 0. The molecule has 0 rings (SSSR count). The monoisotopic (exact) mass is 50.0 g/mol. The zero-order valence-corrected chi connectivity index (χ0v) is 1.52. The molecule has 0 bridgehead atoms. The van der Waals surface area contributed by atoms with Crippen molar-refractivity contribution in [3.05, 3.63) is 0 Å². The van der Waals surface area contributed by atoms with E-state index in [1.807, 2.05) is 0 Å². The molecule has 0 amide bonds. The molecule has 0 heterocycles. The van der Waals surface area contributed by atoms with Crippen molar-refractivity contribution < 1.29 is 0 Å². The van der Waals surface area contributed by atoms with E-state index in [9.17, 15) is 0 Å². The Morgan fingerprint density at radius 1 is 1.75 bits per heavy atom. The first-order valence-corrected chi connectivity index (χ1v) is 0.512. The minimum atomic E-state index is 0. The molecule has 0 aliphatic heterocycles. The van der Waals surface area contributed by atoms with Gasteiger partial charge in [-0.3, -0.25) is 0 Å². The first-order valence-electron chi connectivity index (χ1n) is 0.512. The fourth-order valence-corrected chi connectivity index (χ4v) is 0. The van der Waals surface area contributed by atoms with E-state index in [-0.39, 0.29) is 18.9 Å². The van der Waals surface area contributed by atoms with Crippen LogP contribution in [0.3, 0.4) is 0 Å². The molecule has 0 radical (unpaired) electrons. The van der Waals surface area contributed by atoms with Gasteiger partial charge in [0.2, 0.25) is 0 Å². The molecule has 2 nitrogen and oxygen atoms in total. The van der Waals surface area contributed by atoms with Crippen molar-refractivity contribution in [3.8, 4) is 6.19 Å². The van der Waals surface area contributed by atoms with Crippen LogP contribution in [-0.4, -0.2) is 18.9 Å². The molecule has 0 unspecified atom stereocenters. The Labute approximate surface area is 36.8 Å². The molecule has 18 valence electrons. The Morgan fingerprint density at radius 3 is 1.75 bits per heavy atom. The zero-order chi connectivity index (χ0) is 2.71. The van der Waals surface area contributed by atoms with Gasteiger partial charge in [0.1, 0.15) is 0 Å². The molecule has 0 aromatic heterocycles. The number of nitrogens with zero attached hydrogens (tertiary/aromatic N) is 1. The van der Waals surface area contributed by atoms with Crippen LogP contribution in [0.2, 0.25) is 0 Å². The summed E-state index contributed by atoms with van der Waals surface area (Å²) < 4.78 is 0. The van der Waals surface area contributed by atoms with Crippen LogP contribution in [-0.2, 0) is 0 Å². The second-order valence-electron chi connectivity index (χ2n) is 0.129. The number of rotatable bonds is 0. The molecule has 0 aromatic rings. The molecule has 0 atom stereocenters. The average Bonchev–Trinajstić information content (AvgIpc) is 0.918. The van der Waals surface area contributed by atoms with Gasteiger partial charge in [0.25, 0.3) is 0 Å². The van der Waals surface area contributed by atoms with Crippen LogP contribution in [0.25, 0.3) is 0 Å². The van der Waals surface area contributed by atoms with Gasteiger partial charge in [-0.1, -0.05) is 0 Å². The molecule has 0 aliphatic rings. The van der Waals surface area contributed by atoms with E-state index in [0.717, 1.165) is 0 Å². The first-order chi connectivity index (χ1) is 1.41. The van der Waals surface area contributed by atoms with Gasteiger partial charge in [-0.2, -0.15) is 5.26 Å². The normalized spacial score (nSPS) is 1.75. The standard InChI is InChI=1S/CH2N2.Li.H/c2-1-3;;/h2H2;;. The van der Waals surface area contributed by atoms with Crippen LogP contribution < -0.4 is 5.73 Å². The van der Waals surface area contributed by atoms with Crippen molar-refractivity contribution in [1.29, 1.82) is 5.26 Å². The van der Waals surface area contributed by atoms with E-state index < -0.39 is 0 Å². The Morgan fingerprint density at radius 2 is 1.75 bits per heavy atom. The van der Waals surface area contributed by atoms with Gasteiger partial charge in [-0.05, 0) is 0 Å². The minimum absolute atomic E-state index is 0. The van der Waals surface area contributed by atoms with Gasteiger partial charge in [0, 0.05) is 0 Å². The van der Waals surface area contributed by atoms with E-state index in [0.29, 0.717) is 0 Å². The Kier molecular flexibility index (Phi) is 29.7. The van der Waals surface area contributed by atoms with Gasteiger partial charge < -0.3 is 5.73 Å². The molecule has 0 saturated carbocycles. The molecule has 0 spiro atoms. The topological polar surface area (TPSA) is 49.8 Å². The summed E-state index contributed by atoms with van der Waals surface area (Å²) in [5.74, 6) is 0. The fraction of sp³-hybridized carbons (Fsp3) is 0. The average molecular weight is 50.0 g/mol. The van der Waals surface area contributed by atoms with Gasteiger partial charge in [0.05, 0.1) is 0 Å². The van der Waals surface area contributed by atoms with Crippen molar-refractivity contribution in [3.63, 3.8) is 0 Å². The van der Waals surface area contributed by atoms with Crippen molar-refractivity contribution in [2.75, 3.05) is 0 Å². The predicted molar refractivity (Wildman–Crippen MR) is 16.9 cm³/mol. The van der Waals surface area contributed by atoms with Crippen LogP contribution in [0.4, 0.5) is 0 Å². The molecular weight excluding hydrogens is 47.0 g/mol. The number of nitriles is 1. The zero-order valence-electron chi connectivity index (χ0n) is 1.52. The van der Waals surface area contributed by atoms with Crippen LogP contribution in [0.15, 0.2) is 0 Å². The van der Waals surface area contributed by atoms with Crippen LogP contribution >= 0.6 is 0 Å². The number of nitrogens with two attached hydrogens (primary N) is 1. The van der Waals surface area contributed by atoms with E-state index in [1.165, 1.54) is 6.19 Å². The van der Waals surface area contributed by atoms with Crippen LogP contribution in [0, 0.1) is 11.5 Å². The number of hydrogen-bond acceptors (Lipinski definition) is 2. The molecule has 2 N–H and O–H groups in total. The third-order valence-electron chi connectivity index (χ3n) is 0. The van der Waals surface area contributed by atoms with Gasteiger partial charge in [-0.15, -0.1) is 0 Å². The molecule has 4 heavy (non-hydrogen) atoms. The van der Waals surface area contributed by atoms with Gasteiger partial charge in [-0.25, -0.2) is 0 Å². The van der Waals surface area contributed by atoms with Gasteiger partial charge >= 0.3 is 18.9 Å². The molecule has 0 aliphatic carbocycles. The maximum atomic E-state index is 7.10. The summed E-state index contributed by atoms with van der Waals surface area (Å²) in [5.41, 5.74) is 4.15. The van der Waals surface area contributed by atoms with Crippen molar-refractivity contribution in [2.45, 2.75) is 0 Å². The summed E-state index contributed by atoms with van der Waals surface area (Å²) in [6.45, 7) is 0. The summed E-state index contributed by atoms with van der Waals surface area (Å²) in [6, 6.07) is 0. The molecular formula is CH3LiN2. The summed E-state index contributed by atoms with van der Waals surface area (Å²) in [7, 11) is 0.